The van der Waals surface area contributed by atoms with Crippen LogP contribution in [-0.2, 0) is 9.53 Å². The van der Waals surface area contributed by atoms with Crippen molar-refractivity contribution < 1.29 is 9.53 Å². The third kappa shape index (κ3) is 4.47. The van der Waals surface area contributed by atoms with Crippen LogP contribution in [0.5, 0.6) is 0 Å². The fraction of sp³-hybridized carbons (Fsp3) is 0.909. The summed E-state index contributed by atoms with van der Waals surface area (Å²) in [5, 5.41) is 0. The maximum atomic E-state index is 11.0. The molecule has 1 aliphatic heterocycles. The number of ether oxygens (including phenoxy) is 1. The van der Waals surface area contributed by atoms with Gasteiger partial charge in [-0.25, -0.2) is 5.84 Å². The van der Waals surface area contributed by atoms with Gasteiger partial charge in [0.05, 0.1) is 11.7 Å². The highest BCUT2D eigenvalue weighted by Gasteiger charge is 2.30. The lowest BCUT2D eigenvalue weighted by molar-refractivity contribution is -0.129. The predicted molar refractivity (Wildman–Crippen MR) is 62.6 cm³/mol. The van der Waals surface area contributed by atoms with Crippen molar-refractivity contribution in [2.75, 3.05) is 19.6 Å². The summed E-state index contributed by atoms with van der Waals surface area (Å²) in [5.41, 5.74) is 2.06. The smallest absolute Gasteiger partial charge is 0.233 e. The summed E-state index contributed by atoms with van der Waals surface area (Å²) in [4.78, 5) is 13.3. The van der Waals surface area contributed by atoms with Crippen LogP contribution in [0.2, 0.25) is 0 Å². The van der Waals surface area contributed by atoms with Crippen LogP contribution in [0.1, 0.15) is 33.6 Å². The van der Waals surface area contributed by atoms with Gasteiger partial charge in [0.1, 0.15) is 0 Å². The van der Waals surface area contributed by atoms with Gasteiger partial charge in [-0.1, -0.05) is 0 Å². The molecule has 1 rings (SSSR count). The molecule has 0 aliphatic carbocycles. The van der Waals surface area contributed by atoms with E-state index >= 15 is 0 Å². The van der Waals surface area contributed by atoms with Crippen LogP contribution in [-0.4, -0.2) is 42.1 Å². The molecule has 5 nitrogen and oxygen atoms in total. The summed E-state index contributed by atoms with van der Waals surface area (Å²) in [5.74, 6) is 4.93. The summed E-state index contributed by atoms with van der Waals surface area (Å²) >= 11 is 0. The summed E-state index contributed by atoms with van der Waals surface area (Å²) in [6.45, 7) is 9.06. The molecule has 1 saturated heterocycles. The topological polar surface area (TPSA) is 67.6 Å². The highest BCUT2D eigenvalue weighted by molar-refractivity contribution is 5.75. The number of amides is 1. The minimum atomic E-state index is -0.0967. The van der Waals surface area contributed by atoms with Gasteiger partial charge in [0.2, 0.25) is 5.91 Å². The predicted octanol–water partition coefficient (Wildman–Crippen LogP) is 0.256. The summed E-state index contributed by atoms with van der Waals surface area (Å²) in [6, 6.07) is 0. The fourth-order valence-electron chi connectivity index (χ4n) is 2.29. The molecule has 1 fully saturated rings. The van der Waals surface area contributed by atoms with Crippen molar-refractivity contribution >= 4 is 5.91 Å². The molecular formula is C11H23N3O2. The normalized spacial score (nSPS) is 25.4. The van der Waals surface area contributed by atoms with Crippen LogP contribution in [0.4, 0.5) is 0 Å². The summed E-state index contributed by atoms with van der Waals surface area (Å²) < 4.78 is 5.81. The van der Waals surface area contributed by atoms with Crippen LogP contribution in [0, 0.1) is 0 Å². The van der Waals surface area contributed by atoms with Gasteiger partial charge in [-0.15, -0.1) is 0 Å². The Labute approximate surface area is 97.3 Å². The van der Waals surface area contributed by atoms with Crippen molar-refractivity contribution in [3.63, 3.8) is 0 Å². The summed E-state index contributed by atoms with van der Waals surface area (Å²) in [6.07, 6.45) is 1.58. The zero-order valence-corrected chi connectivity index (χ0v) is 10.5. The third-order valence-corrected chi connectivity index (χ3v) is 2.68. The van der Waals surface area contributed by atoms with Crippen LogP contribution in [0.25, 0.3) is 0 Å². The van der Waals surface area contributed by atoms with Crippen molar-refractivity contribution in [1.29, 1.82) is 0 Å². The zero-order chi connectivity index (χ0) is 12.2. The maximum absolute atomic E-state index is 11.0. The third-order valence-electron chi connectivity index (χ3n) is 2.68. The standard InChI is InChI=1S/C11H23N3O2/c1-9-7-14(8-11(2,3)16-9)6-4-5-10(15)13-12/h9H,4-8,12H2,1-3H3,(H,13,15). The number of nitrogens with one attached hydrogen (secondary N) is 1. The van der Waals surface area contributed by atoms with Gasteiger partial charge in [0.25, 0.3) is 0 Å². The first kappa shape index (κ1) is 13.4. The van der Waals surface area contributed by atoms with E-state index in [-0.39, 0.29) is 17.6 Å². The van der Waals surface area contributed by atoms with E-state index in [0.717, 1.165) is 26.1 Å². The number of hydrazine groups is 1. The molecule has 1 atom stereocenters. The van der Waals surface area contributed by atoms with E-state index in [1.807, 2.05) is 0 Å². The molecule has 0 bridgehead atoms. The minimum Gasteiger partial charge on any atom is -0.370 e. The number of hydrogen-bond acceptors (Lipinski definition) is 4. The molecule has 0 aromatic carbocycles. The van der Waals surface area contributed by atoms with Crippen molar-refractivity contribution in [2.24, 2.45) is 5.84 Å². The SMILES string of the molecule is CC1CN(CCCC(=O)NN)CC(C)(C)O1. The molecule has 0 saturated carbocycles. The molecule has 0 spiro atoms. The molecule has 16 heavy (non-hydrogen) atoms. The van der Waals surface area contributed by atoms with Crippen LogP contribution in [0.15, 0.2) is 0 Å². The lowest BCUT2D eigenvalue weighted by Gasteiger charge is -2.41. The van der Waals surface area contributed by atoms with Gasteiger partial charge in [-0.2, -0.15) is 0 Å². The van der Waals surface area contributed by atoms with Crippen molar-refractivity contribution in [3.8, 4) is 0 Å². The van der Waals surface area contributed by atoms with E-state index in [9.17, 15) is 4.79 Å². The monoisotopic (exact) mass is 229 g/mol. The van der Waals surface area contributed by atoms with Crippen LogP contribution >= 0.6 is 0 Å². The van der Waals surface area contributed by atoms with E-state index in [2.05, 4.69) is 31.1 Å². The van der Waals surface area contributed by atoms with Crippen molar-refractivity contribution in [2.45, 2.75) is 45.3 Å². The Bertz CT molecular complexity index is 243. The highest BCUT2D eigenvalue weighted by Crippen LogP contribution is 2.20. The molecule has 0 aromatic heterocycles. The molecule has 5 heteroatoms. The van der Waals surface area contributed by atoms with Gasteiger partial charge >= 0.3 is 0 Å². The van der Waals surface area contributed by atoms with Crippen LogP contribution < -0.4 is 11.3 Å². The Hall–Kier alpha value is -0.650. The molecule has 3 N–H and O–H groups in total. The number of hydrogen-bond donors (Lipinski definition) is 2. The van der Waals surface area contributed by atoms with Gasteiger partial charge in [0.15, 0.2) is 0 Å². The number of nitrogens with two attached hydrogens (primary N) is 1. The molecule has 1 aliphatic rings. The quantitative estimate of drug-likeness (QED) is 0.412. The molecule has 94 valence electrons. The van der Waals surface area contributed by atoms with E-state index in [1.165, 1.54) is 0 Å². The number of rotatable bonds is 4. The Morgan fingerprint density at radius 1 is 1.62 bits per heavy atom. The number of nitrogens with zero attached hydrogens (tertiary/aromatic N) is 1. The molecule has 1 heterocycles. The van der Waals surface area contributed by atoms with E-state index in [4.69, 9.17) is 10.6 Å². The van der Waals surface area contributed by atoms with Crippen molar-refractivity contribution in [3.05, 3.63) is 0 Å². The van der Waals surface area contributed by atoms with Crippen molar-refractivity contribution in [1.82, 2.24) is 10.3 Å². The molecule has 1 amide bonds. The first-order chi connectivity index (χ1) is 7.43. The van der Waals surface area contributed by atoms with Gasteiger partial charge in [0, 0.05) is 19.5 Å². The zero-order valence-electron chi connectivity index (χ0n) is 10.5. The molecule has 0 aromatic rings. The second-order valence-corrected chi connectivity index (χ2v) is 5.09. The van der Waals surface area contributed by atoms with E-state index < -0.39 is 0 Å². The average Bonchev–Trinajstić information content (AvgIpc) is 2.14. The van der Waals surface area contributed by atoms with E-state index in [0.29, 0.717) is 6.42 Å². The summed E-state index contributed by atoms with van der Waals surface area (Å²) in [7, 11) is 0. The Kier molecular flexibility index (Phi) is 4.70. The van der Waals surface area contributed by atoms with Crippen LogP contribution in [0.3, 0.4) is 0 Å². The Morgan fingerprint density at radius 2 is 2.31 bits per heavy atom. The first-order valence-electron chi connectivity index (χ1n) is 5.82. The largest absolute Gasteiger partial charge is 0.370 e. The maximum Gasteiger partial charge on any atom is 0.233 e. The van der Waals surface area contributed by atoms with Gasteiger partial charge in [-0.3, -0.25) is 15.1 Å². The van der Waals surface area contributed by atoms with Gasteiger partial charge in [-0.05, 0) is 33.7 Å². The molecule has 0 radical (unpaired) electrons. The number of carbonyl (C=O) groups is 1. The first-order valence-corrected chi connectivity index (χ1v) is 5.82. The van der Waals surface area contributed by atoms with Gasteiger partial charge < -0.3 is 4.74 Å². The highest BCUT2D eigenvalue weighted by atomic mass is 16.5. The second-order valence-electron chi connectivity index (χ2n) is 5.09. The fourth-order valence-corrected chi connectivity index (χ4v) is 2.29. The minimum absolute atomic E-state index is 0.0895. The average molecular weight is 229 g/mol. The lowest BCUT2D eigenvalue weighted by atomic mass is 10.1. The number of morpholine rings is 1. The molecule has 1 unspecified atom stereocenters. The van der Waals surface area contributed by atoms with E-state index in [1.54, 1.807) is 0 Å². The molecular weight excluding hydrogens is 206 g/mol. The Morgan fingerprint density at radius 3 is 2.88 bits per heavy atom. The second kappa shape index (κ2) is 5.61. The number of carbonyl (C=O) groups excluding carboxylic acids is 1. The Balaban J connectivity index is 2.29. The lowest BCUT2D eigenvalue weighted by Crippen LogP contribution is -2.52.